The smallest absolute Gasteiger partial charge is 0.159 e. The third-order valence-corrected chi connectivity index (χ3v) is 3.58. The lowest BCUT2D eigenvalue weighted by Crippen LogP contribution is -1.90. The first-order valence-electron chi connectivity index (χ1n) is 7.11. The summed E-state index contributed by atoms with van der Waals surface area (Å²) in [6.45, 7) is 2.86. The minimum Gasteiger partial charge on any atom is -0.246 e. The number of benzene rings is 2. The zero-order valence-electron chi connectivity index (χ0n) is 12.3. The van der Waals surface area contributed by atoms with Crippen LogP contribution in [0.15, 0.2) is 61.4 Å². The minimum absolute atomic E-state index is 0.0704. The summed E-state index contributed by atoms with van der Waals surface area (Å²) in [7, 11) is 0. The molecule has 0 aliphatic heterocycles. The highest BCUT2D eigenvalue weighted by Gasteiger charge is 2.06. The zero-order valence-corrected chi connectivity index (χ0v) is 12.3. The van der Waals surface area contributed by atoms with Crippen molar-refractivity contribution in [1.29, 1.82) is 0 Å². The van der Waals surface area contributed by atoms with Crippen LogP contribution in [0.1, 0.15) is 11.1 Å². The highest BCUT2D eigenvalue weighted by molar-refractivity contribution is 5.68. The summed E-state index contributed by atoms with van der Waals surface area (Å²) < 4.78 is 26.2. The van der Waals surface area contributed by atoms with Crippen molar-refractivity contribution in [2.75, 3.05) is 0 Å². The Labute approximate surface area is 133 Å². The maximum absolute atomic E-state index is 13.7. The monoisotopic (exact) mass is 308 g/mol. The second kappa shape index (κ2) is 6.48. The summed E-state index contributed by atoms with van der Waals surface area (Å²) in [4.78, 5) is 8.55. The molecule has 0 aliphatic rings. The van der Waals surface area contributed by atoms with Gasteiger partial charge in [-0.2, -0.15) is 0 Å². The summed E-state index contributed by atoms with van der Waals surface area (Å²) in [6, 6.07) is 12.0. The van der Waals surface area contributed by atoms with Crippen LogP contribution in [0.25, 0.3) is 28.6 Å². The predicted molar refractivity (Wildman–Crippen MR) is 87.8 cm³/mol. The molecule has 0 saturated carbocycles. The Bertz CT molecular complexity index is 825. The zero-order chi connectivity index (χ0) is 16.2. The van der Waals surface area contributed by atoms with Gasteiger partial charge in [-0.25, -0.2) is 18.7 Å². The van der Waals surface area contributed by atoms with Gasteiger partial charge in [0, 0.05) is 29.1 Å². The van der Waals surface area contributed by atoms with Gasteiger partial charge in [-0.15, -0.1) is 0 Å². The Morgan fingerprint density at radius 3 is 2.09 bits per heavy atom. The van der Waals surface area contributed by atoms with E-state index in [1.165, 1.54) is 12.1 Å². The quantitative estimate of drug-likeness (QED) is 0.673. The fourth-order valence-corrected chi connectivity index (χ4v) is 2.24. The Hall–Kier alpha value is -2.88. The Morgan fingerprint density at radius 2 is 1.52 bits per heavy atom. The van der Waals surface area contributed by atoms with E-state index in [1.54, 1.807) is 24.5 Å². The van der Waals surface area contributed by atoms with Crippen LogP contribution < -0.4 is 0 Å². The van der Waals surface area contributed by atoms with Gasteiger partial charge in [0.25, 0.3) is 0 Å². The summed E-state index contributed by atoms with van der Waals surface area (Å²) in [5.74, 6) is 0.0820. The van der Waals surface area contributed by atoms with Crippen LogP contribution in [-0.4, -0.2) is 9.97 Å². The van der Waals surface area contributed by atoms with Crippen molar-refractivity contribution in [2.45, 2.75) is 6.67 Å². The number of nitrogens with zero attached hydrogens (tertiary/aromatic N) is 2. The average molecular weight is 308 g/mol. The van der Waals surface area contributed by atoms with Crippen LogP contribution in [0, 0.1) is 5.82 Å². The first-order valence-corrected chi connectivity index (χ1v) is 7.11. The normalized spacial score (nSPS) is 10.5. The molecule has 0 unspecified atom stereocenters. The molecule has 0 amide bonds. The van der Waals surface area contributed by atoms with Gasteiger partial charge >= 0.3 is 0 Å². The molecule has 23 heavy (non-hydrogen) atoms. The van der Waals surface area contributed by atoms with Crippen LogP contribution in [-0.2, 0) is 6.67 Å². The summed E-state index contributed by atoms with van der Waals surface area (Å²) >= 11 is 0. The molecule has 114 valence electrons. The van der Waals surface area contributed by atoms with E-state index < -0.39 is 12.5 Å². The minimum atomic E-state index is -0.802. The molecule has 2 nitrogen and oxygen atoms in total. The first-order chi connectivity index (χ1) is 11.2. The number of hydrogen-bond acceptors (Lipinski definition) is 2. The van der Waals surface area contributed by atoms with Gasteiger partial charge in [0.1, 0.15) is 12.5 Å². The van der Waals surface area contributed by atoms with Crippen molar-refractivity contribution in [3.63, 3.8) is 0 Å². The van der Waals surface area contributed by atoms with Crippen LogP contribution >= 0.6 is 0 Å². The standard InChI is InChI=1S/C19H14F2N2/c1-2-13-11-22-19(23-12-13)15-5-3-14(4-6-15)16-7-8-17(10-20)18(21)9-16/h2-9,11-12H,1,10H2. The lowest BCUT2D eigenvalue weighted by atomic mass is 10.0. The van der Waals surface area contributed by atoms with Gasteiger partial charge in [0.15, 0.2) is 5.82 Å². The molecule has 1 heterocycles. The van der Waals surface area contributed by atoms with Crippen LogP contribution in [0.5, 0.6) is 0 Å². The topological polar surface area (TPSA) is 25.8 Å². The molecule has 4 heteroatoms. The summed E-state index contributed by atoms with van der Waals surface area (Å²) in [6.07, 6.45) is 5.09. The van der Waals surface area contributed by atoms with E-state index in [9.17, 15) is 8.78 Å². The van der Waals surface area contributed by atoms with E-state index in [-0.39, 0.29) is 5.56 Å². The first kappa shape index (κ1) is 15.0. The molecule has 0 N–H and O–H groups in total. The van der Waals surface area contributed by atoms with Gasteiger partial charge in [-0.05, 0) is 17.2 Å². The highest BCUT2D eigenvalue weighted by atomic mass is 19.1. The van der Waals surface area contributed by atoms with E-state index in [1.807, 2.05) is 24.3 Å². The number of aromatic nitrogens is 2. The Morgan fingerprint density at radius 1 is 0.913 bits per heavy atom. The van der Waals surface area contributed by atoms with Crippen molar-refractivity contribution < 1.29 is 8.78 Å². The molecule has 0 saturated heterocycles. The van der Waals surface area contributed by atoms with E-state index in [0.717, 1.165) is 16.7 Å². The van der Waals surface area contributed by atoms with E-state index in [2.05, 4.69) is 16.5 Å². The van der Waals surface area contributed by atoms with Gasteiger partial charge in [-0.3, -0.25) is 0 Å². The fraction of sp³-hybridized carbons (Fsp3) is 0.0526. The second-order valence-electron chi connectivity index (χ2n) is 5.06. The van der Waals surface area contributed by atoms with Crippen molar-refractivity contribution >= 4 is 6.08 Å². The van der Waals surface area contributed by atoms with Gasteiger partial charge in [0.2, 0.25) is 0 Å². The number of halogens is 2. The fourth-order valence-electron chi connectivity index (χ4n) is 2.24. The van der Waals surface area contributed by atoms with Gasteiger partial charge in [0.05, 0.1) is 0 Å². The van der Waals surface area contributed by atoms with Gasteiger partial charge < -0.3 is 0 Å². The molecule has 0 fully saturated rings. The molecular formula is C19H14F2N2. The molecule has 0 spiro atoms. The SMILES string of the molecule is C=Cc1cnc(-c2ccc(-c3ccc(CF)c(F)c3)cc2)nc1. The van der Waals surface area contributed by atoms with E-state index in [0.29, 0.717) is 11.4 Å². The summed E-state index contributed by atoms with van der Waals surface area (Å²) in [5.41, 5.74) is 3.34. The molecule has 0 bridgehead atoms. The Kier molecular flexibility index (Phi) is 4.24. The molecule has 2 aromatic carbocycles. The number of hydrogen-bond donors (Lipinski definition) is 0. The van der Waals surface area contributed by atoms with Crippen molar-refractivity contribution in [3.8, 4) is 22.5 Å². The number of rotatable bonds is 4. The lowest BCUT2D eigenvalue weighted by Gasteiger charge is -2.06. The number of alkyl halides is 1. The van der Waals surface area contributed by atoms with Crippen LogP contribution in [0.2, 0.25) is 0 Å². The molecular weight excluding hydrogens is 294 g/mol. The predicted octanol–water partition coefficient (Wildman–Crippen LogP) is 5.06. The van der Waals surface area contributed by atoms with Crippen molar-refractivity contribution in [3.05, 3.63) is 78.4 Å². The van der Waals surface area contributed by atoms with Crippen LogP contribution in [0.3, 0.4) is 0 Å². The van der Waals surface area contributed by atoms with Gasteiger partial charge in [-0.1, -0.05) is 49.1 Å². The molecule has 0 atom stereocenters. The van der Waals surface area contributed by atoms with Crippen molar-refractivity contribution in [2.24, 2.45) is 0 Å². The van der Waals surface area contributed by atoms with Crippen molar-refractivity contribution in [1.82, 2.24) is 9.97 Å². The molecule has 0 radical (unpaired) electrons. The highest BCUT2D eigenvalue weighted by Crippen LogP contribution is 2.25. The largest absolute Gasteiger partial charge is 0.246 e. The molecule has 0 aliphatic carbocycles. The maximum Gasteiger partial charge on any atom is 0.159 e. The van der Waals surface area contributed by atoms with Crippen LogP contribution in [0.4, 0.5) is 8.78 Å². The molecule has 1 aromatic heterocycles. The Balaban J connectivity index is 1.89. The maximum atomic E-state index is 13.7. The van der Waals surface area contributed by atoms with E-state index in [4.69, 9.17) is 0 Å². The second-order valence-corrected chi connectivity index (χ2v) is 5.06. The third kappa shape index (κ3) is 3.16. The molecule has 3 rings (SSSR count). The lowest BCUT2D eigenvalue weighted by molar-refractivity contribution is 0.464. The average Bonchev–Trinajstić information content (AvgIpc) is 2.62. The molecule has 3 aromatic rings. The summed E-state index contributed by atoms with van der Waals surface area (Å²) in [5, 5.41) is 0. The van der Waals surface area contributed by atoms with E-state index >= 15 is 0 Å². The third-order valence-electron chi connectivity index (χ3n) is 3.58.